The van der Waals surface area contributed by atoms with E-state index in [2.05, 4.69) is 4.72 Å². The summed E-state index contributed by atoms with van der Waals surface area (Å²) in [7, 11) is -3.18. The molecule has 0 heterocycles. The molecule has 0 amide bonds. The number of rotatable bonds is 7. The van der Waals surface area contributed by atoms with Gasteiger partial charge in [-0.2, -0.15) is 0 Å². The number of aliphatic hydroxyl groups is 1. The highest BCUT2D eigenvalue weighted by Gasteiger charge is 2.15. The minimum absolute atomic E-state index is 0.122. The molecule has 0 spiro atoms. The molecule has 0 aliphatic carbocycles. The Kier molecular flexibility index (Phi) is 6.31. The van der Waals surface area contributed by atoms with Crippen LogP contribution in [0.15, 0.2) is 0 Å². The minimum atomic E-state index is -3.18. The van der Waals surface area contributed by atoms with Crippen molar-refractivity contribution in [3.63, 3.8) is 0 Å². The highest BCUT2D eigenvalue weighted by molar-refractivity contribution is 7.89. The first-order valence-corrected chi connectivity index (χ1v) is 6.73. The molecule has 0 rings (SSSR count). The Morgan fingerprint density at radius 2 is 1.93 bits per heavy atom. The third-order valence-electron chi connectivity index (χ3n) is 2.29. The SMILES string of the molecule is CCCS(=O)(=O)NCC(O)C(C)CC. The number of hydrogen-bond donors (Lipinski definition) is 2. The molecule has 86 valence electrons. The molecule has 0 aromatic rings. The van der Waals surface area contributed by atoms with E-state index in [-0.39, 0.29) is 18.2 Å². The first kappa shape index (κ1) is 13.9. The highest BCUT2D eigenvalue weighted by atomic mass is 32.2. The summed E-state index contributed by atoms with van der Waals surface area (Å²) < 4.78 is 24.8. The minimum Gasteiger partial charge on any atom is -0.391 e. The first-order valence-electron chi connectivity index (χ1n) is 5.08. The summed E-state index contributed by atoms with van der Waals surface area (Å²) in [5, 5.41) is 9.52. The average molecular weight is 223 g/mol. The number of nitrogens with one attached hydrogen (secondary N) is 1. The van der Waals surface area contributed by atoms with Gasteiger partial charge in [0.05, 0.1) is 11.9 Å². The quantitative estimate of drug-likeness (QED) is 0.668. The van der Waals surface area contributed by atoms with Crippen LogP contribution in [0.3, 0.4) is 0 Å². The van der Waals surface area contributed by atoms with Gasteiger partial charge in [0, 0.05) is 6.54 Å². The first-order chi connectivity index (χ1) is 6.43. The van der Waals surface area contributed by atoms with Crippen LogP contribution in [0.25, 0.3) is 0 Å². The van der Waals surface area contributed by atoms with E-state index in [1.54, 1.807) is 0 Å². The summed E-state index contributed by atoms with van der Waals surface area (Å²) >= 11 is 0. The van der Waals surface area contributed by atoms with E-state index in [0.717, 1.165) is 6.42 Å². The van der Waals surface area contributed by atoms with E-state index in [4.69, 9.17) is 0 Å². The van der Waals surface area contributed by atoms with Crippen LogP contribution in [0, 0.1) is 5.92 Å². The van der Waals surface area contributed by atoms with Gasteiger partial charge in [-0.1, -0.05) is 27.2 Å². The van der Waals surface area contributed by atoms with Gasteiger partial charge in [-0.15, -0.1) is 0 Å². The fourth-order valence-corrected chi connectivity index (χ4v) is 2.13. The molecule has 0 radical (unpaired) electrons. The average Bonchev–Trinajstić information content (AvgIpc) is 2.13. The van der Waals surface area contributed by atoms with Crippen molar-refractivity contribution in [2.75, 3.05) is 12.3 Å². The molecular formula is C9H21NO3S. The molecular weight excluding hydrogens is 202 g/mol. The van der Waals surface area contributed by atoms with E-state index in [1.807, 2.05) is 20.8 Å². The van der Waals surface area contributed by atoms with Crippen LogP contribution in [0.2, 0.25) is 0 Å². The van der Waals surface area contributed by atoms with Crippen LogP contribution < -0.4 is 4.72 Å². The van der Waals surface area contributed by atoms with Gasteiger partial charge in [-0.3, -0.25) is 0 Å². The van der Waals surface area contributed by atoms with Gasteiger partial charge < -0.3 is 5.11 Å². The lowest BCUT2D eigenvalue weighted by atomic mass is 10.0. The van der Waals surface area contributed by atoms with E-state index < -0.39 is 16.1 Å². The summed E-state index contributed by atoms with van der Waals surface area (Å²) in [6.45, 7) is 5.80. The van der Waals surface area contributed by atoms with Crippen molar-refractivity contribution in [1.82, 2.24) is 4.72 Å². The number of aliphatic hydroxyl groups excluding tert-OH is 1. The zero-order valence-electron chi connectivity index (χ0n) is 9.16. The second kappa shape index (κ2) is 6.37. The Bertz CT molecular complexity index is 238. The predicted octanol–water partition coefficient (Wildman–Crippen LogP) is 0.723. The second-order valence-corrected chi connectivity index (χ2v) is 5.55. The standard InChI is InChI=1S/C9H21NO3S/c1-4-6-14(12,13)10-7-9(11)8(3)5-2/h8-11H,4-7H2,1-3H3. The van der Waals surface area contributed by atoms with Crippen LogP contribution in [-0.2, 0) is 10.0 Å². The maximum absolute atomic E-state index is 11.2. The molecule has 0 fully saturated rings. The fourth-order valence-electron chi connectivity index (χ4n) is 1.03. The Labute approximate surface area is 86.8 Å². The molecule has 2 N–H and O–H groups in total. The molecule has 2 atom stereocenters. The second-order valence-electron chi connectivity index (χ2n) is 3.62. The molecule has 14 heavy (non-hydrogen) atoms. The third kappa shape index (κ3) is 5.57. The molecule has 4 nitrogen and oxygen atoms in total. The van der Waals surface area contributed by atoms with Crippen molar-refractivity contribution in [2.24, 2.45) is 5.92 Å². The number of hydrogen-bond acceptors (Lipinski definition) is 3. The molecule has 5 heteroatoms. The van der Waals surface area contributed by atoms with Crippen molar-refractivity contribution >= 4 is 10.0 Å². The van der Waals surface area contributed by atoms with E-state index >= 15 is 0 Å². The van der Waals surface area contributed by atoms with Gasteiger partial charge in [0.25, 0.3) is 0 Å². The Morgan fingerprint density at radius 1 is 1.36 bits per heavy atom. The predicted molar refractivity (Wildman–Crippen MR) is 57.5 cm³/mol. The van der Waals surface area contributed by atoms with Crippen LogP contribution in [0.5, 0.6) is 0 Å². The van der Waals surface area contributed by atoms with Gasteiger partial charge in [0.1, 0.15) is 0 Å². The zero-order chi connectivity index (χ0) is 11.2. The lowest BCUT2D eigenvalue weighted by molar-refractivity contribution is 0.118. The highest BCUT2D eigenvalue weighted by Crippen LogP contribution is 2.06. The van der Waals surface area contributed by atoms with Crippen molar-refractivity contribution in [2.45, 2.75) is 39.7 Å². The van der Waals surface area contributed by atoms with Crippen LogP contribution >= 0.6 is 0 Å². The van der Waals surface area contributed by atoms with Crippen molar-refractivity contribution in [3.8, 4) is 0 Å². The summed E-state index contributed by atoms with van der Waals surface area (Å²) in [6.07, 6.45) is 0.845. The molecule has 0 bridgehead atoms. The van der Waals surface area contributed by atoms with Gasteiger partial charge in [0.15, 0.2) is 0 Å². The maximum Gasteiger partial charge on any atom is 0.211 e. The lowest BCUT2D eigenvalue weighted by Gasteiger charge is -2.17. The van der Waals surface area contributed by atoms with E-state index in [1.165, 1.54) is 0 Å². The van der Waals surface area contributed by atoms with Gasteiger partial charge in [-0.25, -0.2) is 13.1 Å². The van der Waals surface area contributed by atoms with E-state index in [0.29, 0.717) is 6.42 Å². The van der Waals surface area contributed by atoms with Gasteiger partial charge >= 0.3 is 0 Å². The maximum atomic E-state index is 11.2. The Hall–Kier alpha value is -0.130. The number of sulfonamides is 1. The van der Waals surface area contributed by atoms with Crippen molar-refractivity contribution < 1.29 is 13.5 Å². The summed E-state index contributed by atoms with van der Waals surface area (Å²) in [6, 6.07) is 0. The molecule has 2 unspecified atom stereocenters. The zero-order valence-corrected chi connectivity index (χ0v) is 9.97. The lowest BCUT2D eigenvalue weighted by Crippen LogP contribution is -2.36. The molecule has 0 aromatic heterocycles. The molecule has 0 aliphatic heterocycles. The molecule has 0 aromatic carbocycles. The molecule has 0 aliphatic rings. The van der Waals surface area contributed by atoms with E-state index in [9.17, 15) is 13.5 Å². The van der Waals surface area contributed by atoms with Crippen molar-refractivity contribution in [3.05, 3.63) is 0 Å². The topological polar surface area (TPSA) is 66.4 Å². The normalized spacial score (nSPS) is 16.6. The van der Waals surface area contributed by atoms with Crippen LogP contribution in [0.4, 0.5) is 0 Å². The van der Waals surface area contributed by atoms with Crippen molar-refractivity contribution in [1.29, 1.82) is 0 Å². The smallest absolute Gasteiger partial charge is 0.211 e. The van der Waals surface area contributed by atoms with Gasteiger partial charge in [0.2, 0.25) is 10.0 Å². The monoisotopic (exact) mass is 223 g/mol. The fraction of sp³-hybridized carbons (Fsp3) is 1.00. The molecule has 0 saturated heterocycles. The Morgan fingerprint density at radius 3 is 2.36 bits per heavy atom. The summed E-state index contributed by atoms with van der Waals surface area (Å²) in [5.41, 5.74) is 0. The van der Waals surface area contributed by atoms with Gasteiger partial charge in [-0.05, 0) is 12.3 Å². The van der Waals surface area contributed by atoms with Crippen LogP contribution in [0.1, 0.15) is 33.6 Å². The summed E-state index contributed by atoms with van der Waals surface area (Å²) in [5.74, 6) is 0.250. The largest absolute Gasteiger partial charge is 0.391 e. The molecule has 0 saturated carbocycles. The summed E-state index contributed by atoms with van der Waals surface area (Å²) in [4.78, 5) is 0. The Balaban J connectivity index is 3.93. The van der Waals surface area contributed by atoms with Crippen LogP contribution in [-0.4, -0.2) is 31.9 Å². The third-order valence-corrected chi connectivity index (χ3v) is 3.84.